The molecule has 1 fully saturated rings. The summed E-state index contributed by atoms with van der Waals surface area (Å²) in [5.41, 5.74) is 1.09. The fraction of sp³-hybridized carbons (Fsp3) is 0.435. The molecule has 1 heterocycles. The predicted octanol–water partition coefficient (Wildman–Crippen LogP) is 4.71. The second kappa shape index (κ2) is 11.0. The number of rotatable bonds is 8. The summed E-state index contributed by atoms with van der Waals surface area (Å²) < 4.78 is 18.9. The Balaban J connectivity index is 1.63. The summed E-state index contributed by atoms with van der Waals surface area (Å²) in [6.45, 7) is 4.30. The molecule has 0 N–H and O–H groups in total. The molecule has 0 aliphatic carbocycles. The summed E-state index contributed by atoms with van der Waals surface area (Å²) in [5, 5.41) is 0.635. The Morgan fingerprint density at radius 2 is 1.87 bits per heavy atom. The Morgan fingerprint density at radius 1 is 1.17 bits per heavy atom. The van der Waals surface area contributed by atoms with Crippen molar-refractivity contribution in [2.75, 3.05) is 31.7 Å². The first kappa shape index (κ1) is 22.9. The zero-order valence-corrected chi connectivity index (χ0v) is 19.0. The topological polar surface area (TPSA) is 32.8 Å². The van der Waals surface area contributed by atoms with E-state index in [1.807, 2.05) is 28.8 Å². The molecular weight excluding hydrogens is 423 g/mol. The molecule has 30 heavy (non-hydrogen) atoms. The van der Waals surface area contributed by atoms with Gasteiger partial charge in [-0.25, -0.2) is 4.39 Å². The van der Waals surface area contributed by atoms with Crippen molar-refractivity contribution in [1.82, 2.24) is 9.80 Å². The van der Waals surface area contributed by atoms with E-state index < -0.39 is 0 Å². The molecule has 0 bridgehead atoms. The van der Waals surface area contributed by atoms with Crippen molar-refractivity contribution in [1.29, 1.82) is 0 Å². The molecule has 1 aliphatic heterocycles. The van der Waals surface area contributed by atoms with Gasteiger partial charge in [0.25, 0.3) is 5.91 Å². The Kier molecular flexibility index (Phi) is 8.42. The molecule has 162 valence electrons. The van der Waals surface area contributed by atoms with E-state index in [9.17, 15) is 9.18 Å². The van der Waals surface area contributed by atoms with E-state index in [1.54, 1.807) is 24.3 Å². The maximum absolute atomic E-state index is 13.2. The SMILES string of the molecule is CSCCC1CN(C(=O)COc2ccc(Cl)cc2)C(C)CN1Cc1ccc(F)cc1. The van der Waals surface area contributed by atoms with Crippen molar-refractivity contribution in [3.63, 3.8) is 0 Å². The molecule has 0 aromatic heterocycles. The third kappa shape index (κ3) is 6.37. The number of halogens is 2. The van der Waals surface area contributed by atoms with Crippen molar-refractivity contribution < 1.29 is 13.9 Å². The van der Waals surface area contributed by atoms with E-state index in [0.29, 0.717) is 17.3 Å². The lowest BCUT2D eigenvalue weighted by Crippen LogP contribution is -2.59. The molecule has 2 aromatic rings. The minimum Gasteiger partial charge on any atom is -0.484 e. The summed E-state index contributed by atoms with van der Waals surface area (Å²) in [6.07, 6.45) is 3.09. The number of benzene rings is 2. The zero-order chi connectivity index (χ0) is 21.5. The number of ether oxygens (including phenoxy) is 1. The number of thioether (sulfide) groups is 1. The first-order chi connectivity index (χ1) is 14.5. The van der Waals surface area contributed by atoms with Gasteiger partial charge < -0.3 is 9.64 Å². The molecule has 2 atom stereocenters. The summed E-state index contributed by atoms with van der Waals surface area (Å²) >= 11 is 7.71. The number of hydrogen-bond acceptors (Lipinski definition) is 4. The molecule has 2 unspecified atom stereocenters. The van der Waals surface area contributed by atoms with Gasteiger partial charge in [-0.1, -0.05) is 23.7 Å². The number of carbonyl (C=O) groups excluding carboxylic acids is 1. The second-order valence-electron chi connectivity index (χ2n) is 7.63. The van der Waals surface area contributed by atoms with Gasteiger partial charge in [0.15, 0.2) is 6.61 Å². The molecule has 0 radical (unpaired) electrons. The molecule has 4 nitrogen and oxygen atoms in total. The standard InChI is InChI=1S/C23H28ClFN2O2S/c1-17-13-26(14-18-3-7-20(25)8-4-18)21(11-12-30-2)15-27(17)23(28)16-29-22-9-5-19(24)6-10-22/h3-10,17,21H,11-16H2,1-2H3. The highest BCUT2D eigenvalue weighted by Crippen LogP contribution is 2.22. The van der Waals surface area contributed by atoms with E-state index in [-0.39, 0.29) is 30.4 Å². The first-order valence-electron chi connectivity index (χ1n) is 10.1. The minimum atomic E-state index is -0.220. The van der Waals surface area contributed by atoms with Gasteiger partial charge >= 0.3 is 0 Å². The normalized spacial score (nSPS) is 19.7. The Bertz CT molecular complexity index is 819. The van der Waals surface area contributed by atoms with Crippen LogP contribution >= 0.6 is 23.4 Å². The Hall–Kier alpha value is -1.76. The maximum Gasteiger partial charge on any atom is 0.260 e. The van der Waals surface area contributed by atoms with E-state index in [4.69, 9.17) is 16.3 Å². The molecule has 1 amide bonds. The van der Waals surface area contributed by atoms with Crippen LogP contribution in [0.4, 0.5) is 4.39 Å². The first-order valence-corrected chi connectivity index (χ1v) is 11.9. The van der Waals surface area contributed by atoms with Crippen molar-refractivity contribution >= 4 is 29.3 Å². The maximum atomic E-state index is 13.2. The van der Waals surface area contributed by atoms with Gasteiger partial charge in [-0.3, -0.25) is 9.69 Å². The van der Waals surface area contributed by atoms with Crippen molar-refractivity contribution in [3.05, 3.63) is 64.9 Å². The lowest BCUT2D eigenvalue weighted by molar-refractivity contribution is -0.139. The zero-order valence-electron chi connectivity index (χ0n) is 17.4. The third-order valence-electron chi connectivity index (χ3n) is 5.41. The highest BCUT2D eigenvalue weighted by molar-refractivity contribution is 7.98. The molecule has 0 saturated carbocycles. The second-order valence-corrected chi connectivity index (χ2v) is 9.05. The fourth-order valence-corrected chi connectivity index (χ4v) is 4.40. The summed E-state index contributed by atoms with van der Waals surface area (Å²) in [4.78, 5) is 17.2. The van der Waals surface area contributed by atoms with E-state index in [2.05, 4.69) is 18.1 Å². The van der Waals surface area contributed by atoms with E-state index >= 15 is 0 Å². The number of amides is 1. The van der Waals surface area contributed by atoms with Crippen molar-refractivity contribution in [2.24, 2.45) is 0 Å². The lowest BCUT2D eigenvalue weighted by Gasteiger charge is -2.45. The average molecular weight is 451 g/mol. The molecule has 1 saturated heterocycles. The third-order valence-corrected chi connectivity index (χ3v) is 6.30. The predicted molar refractivity (Wildman–Crippen MR) is 122 cm³/mol. The van der Waals surface area contributed by atoms with Crippen LogP contribution in [0.1, 0.15) is 18.9 Å². The van der Waals surface area contributed by atoms with Crippen molar-refractivity contribution in [3.8, 4) is 5.75 Å². The molecule has 7 heteroatoms. The van der Waals surface area contributed by atoms with Gasteiger partial charge in [-0.2, -0.15) is 11.8 Å². The molecule has 1 aliphatic rings. The van der Waals surface area contributed by atoms with E-state index in [1.165, 1.54) is 12.1 Å². The van der Waals surface area contributed by atoms with Crippen LogP contribution in [0.2, 0.25) is 5.02 Å². The van der Waals surface area contributed by atoms with Gasteiger partial charge in [0.1, 0.15) is 11.6 Å². The van der Waals surface area contributed by atoms with Crippen molar-refractivity contribution in [2.45, 2.75) is 32.0 Å². The van der Waals surface area contributed by atoms with Crippen LogP contribution < -0.4 is 4.74 Å². The molecule has 2 aromatic carbocycles. The van der Waals surface area contributed by atoms with Crippen LogP contribution in [-0.2, 0) is 11.3 Å². The van der Waals surface area contributed by atoms with Crippen LogP contribution in [0.25, 0.3) is 0 Å². The Labute approximate surface area is 187 Å². The largest absolute Gasteiger partial charge is 0.484 e. The summed E-state index contributed by atoms with van der Waals surface area (Å²) in [6, 6.07) is 14.0. The highest BCUT2D eigenvalue weighted by Gasteiger charge is 2.34. The summed E-state index contributed by atoms with van der Waals surface area (Å²) in [7, 11) is 0. The fourth-order valence-electron chi connectivity index (χ4n) is 3.76. The van der Waals surface area contributed by atoms with Crippen LogP contribution in [-0.4, -0.2) is 59.5 Å². The monoisotopic (exact) mass is 450 g/mol. The summed E-state index contributed by atoms with van der Waals surface area (Å²) in [5.74, 6) is 1.44. The molecular formula is C23H28ClFN2O2S. The Morgan fingerprint density at radius 3 is 2.53 bits per heavy atom. The van der Waals surface area contributed by atoms with Gasteiger partial charge in [0.05, 0.1) is 0 Å². The number of carbonyl (C=O) groups is 1. The van der Waals surface area contributed by atoms with Crippen LogP contribution in [0.3, 0.4) is 0 Å². The minimum absolute atomic E-state index is 0.00645. The average Bonchev–Trinajstić information content (AvgIpc) is 2.74. The number of nitrogens with zero attached hydrogens (tertiary/aromatic N) is 2. The lowest BCUT2D eigenvalue weighted by atomic mass is 10.0. The smallest absolute Gasteiger partial charge is 0.260 e. The van der Waals surface area contributed by atoms with Crippen LogP contribution in [0.15, 0.2) is 48.5 Å². The molecule has 3 rings (SSSR count). The van der Waals surface area contributed by atoms with Gasteiger partial charge in [-0.15, -0.1) is 0 Å². The van der Waals surface area contributed by atoms with Gasteiger partial charge in [0.2, 0.25) is 0 Å². The van der Waals surface area contributed by atoms with Crippen LogP contribution in [0.5, 0.6) is 5.75 Å². The van der Waals surface area contributed by atoms with E-state index in [0.717, 1.165) is 30.8 Å². The number of piperazine rings is 1. The highest BCUT2D eigenvalue weighted by atomic mass is 35.5. The quantitative estimate of drug-likeness (QED) is 0.583. The van der Waals surface area contributed by atoms with Crippen LogP contribution in [0, 0.1) is 5.82 Å². The van der Waals surface area contributed by atoms with Gasteiger partial charge in [0, 0.05) is 36.7 Å². The number of hydrogen-bond donors (Lipinski definition) is 0. The molecule has 0 spiro atoms. The van der Waals surface area contributed by atoms with Gasteiger partial charge in [-0.05, 0) is 67.3 Å².